The summed E-state index contributed by atoms with van der Waals surface area (Å²) in [5, 5.41) is 8.96. The van der Waals surface area contributed by atoms with Crippen molar-refractivity contribution in [1.29, 1.82) is 0 Å². The number of rotatable bonds is 2. The lowest BCUT2D eigenvalue weighted by Crippen LogP contribution is -2.52. The fourth-order valence-electron chi connectivity index (χ4n) is 1.18. The minimum atomic E-state index is -1.17. The van der Waals surface area contributed by atoms with Crippen LogP contribution in [0.15, 0.2) is 24.3 Å². The van der Waals surface area contributed by atoms with Gasteiger partial charge >= 0.3 is 5.97 Å². The average Bonchev–Trinajstić information content (AvgIpc) is 2.29. The summed E-state index contributed by atoms with van der Waals surface area (Å²) >= 11 is 0. The summed E-state index contributed by atoms with van der Waals surface area (Å²) in [6.07, 6.45) is 6.47. The van der Waals surface area contributed by atoms with Gasteiger partial charge in [-0.3, -0.25) is 4.79 Å². The van der Waals surface area contributed by atoms with Crippen LogP contribution in [0.5, 0.6) is 0 Å². The van der Waals surface area contributed by atoms with Gasteiger partial charge in [-0.1, -0.05) is 18.2 Å². The van der Waals surface area contributed by atoms with Gasteiger partial charge in [0.25, 0.3) is 0 Å². The highest BCUT2D eigenvalue weighted by Gasteiger charge is 2.36. The first-order chi connectivity index (χ1) is 6.46. The largest absolute Gasteiger partial charge is 0.480 e. The van der Waals surface area contributed by atoms with Crippen molar-refractivity contribution in [2.75, 3.05) is 6.54 Å². The lowest BCUT2D eigenvalue weighted by molar-refractivity contribution is -0.154. The molecule has 4 heteroatoms. The molecule has 0 bridgehead atoms. The van der Waals surface area contributed by atoms with Crippen molar-refractivity contribution < 1.29 is 14.7 Å². The van der Waals surface area contributed by atoms with Crippen LogP contribution in [-0.4, -0.2) is 34.0 Å². The molecule has 0 aromatic rings. The number of hydrogen-bond donors (Lipinski definition) is 1. The SMILES string of the molecule is CC(C)(C(=O)O)N1CC=CC=CC1=O. The molecule has 0 aromatic carbocycles. The first-order valence-corrected chi connectivity index (χ1v) is 4.34. The summed E-state index contributed by atoms with van der Waals surface area (Å²) in [4.78, 5) is 23.8. The number of carboxylic acid groups (broad SMARTS) is 1. The van der Waals surface area contributed by atoms with Crippen molar-refractivity contribution in [3.63, 3.8) is 0 Å². The van der Waals surface area contributed by atoms with Crippen molar-refractivity contribution in [3.8, 4) is 0 Å². The van der Waals surface area contributed by atoms with E-state index in [0.29, 0.717) is 6.54 Å². The molecule has 1 aliphatic rings. The molecule has 1 N–H and O–H groups in total. The predicted molar refractivity (Wildman–Crippen MR) is 51.7 cm³/mol. The molecular formula is C10H13NO3. The van der Waals surface area contributed by atoms with Gasteiger partial charge in [-0.2, -0.15) is 0 Å². The van der Waals surface area contributed by atoms with E-state index in [9.17, 15) is 9.59 Å². The number of aliphatic carboxylic acids is 1. The number of carboxylic acids is 1. The Morgan fingerprint density at radius 1 is 1.50 bits per heavy atom. The molecule has 1 rings (SSSR count). The third kappa shape index (κ3) is 1.84. The minimum absolute atomic E-state index is 0.276. The minimum Gasteiger partial charge on any atom is -0.480 e. The number of nitrogens with zero attached hydrogens (tertiary/aromatic N) is 1. The second-order valence-corrected chi connectivity index (χ2v) is 3.60. The third-order valence-corrected chi connectivity index (χ3v) is 2.24. The van der Waals surface area contributed by atoms with E-state index in [1.807, 2.05) is 0 Å². The maximum Gasteiger partial charge on any atom is 0.329 e. The van der Waals surface area contributed by atoms with E-state index in [-0.39, 0.29) is 5.91 Å². The highest BCUT2D eigenvalue weighted by atomic mass is 16.4. The van der Waals surface area contributed by atoms with Gasteiger partial charge in [0.15, 0.2) is 0 Å². The molecule has 14 heavy (non-hydrogen) atoms. The van der Waals surface area contributed by atoms with Crippen molar-refractivity contribution in [2.45, 2.75) is 19.4 Å². The van der Waals surface area contributed by atoms with Crippen molar-refractivity contribution in [3.05, 3.63) is 24.3 Å². The lowest BCUT2D eigenvalue weighted by atomic mass is 10.0. The van der Waals surface area contributed by atoms with Crippen LogP contribution in [0.2, 0.25) is 0 Å². The molecule has 0 saturated carbocycles. The van der Waals surface area contributed by atoms with E-state index in [0.717, 1.165) is 0 Å². The summed E-state index contributed by atoms with van der Waals surface area (Å²) in [6, 6.07) is 0. The first kappa shape index (κ1) is 10.5. The summed E-state index contributed by atoms with van der Waals surface area (Å²) in [6.45, 7) is 3.35. The summed E-state index contributed by atoms with van der Waals surface area (Å²) in [7, 11) is 0. The smallest absolute Gasteiger partial charge is 0.329 e. The molecule has 1 amide bonds. The zero-order chi connectivity index (χ0) is 10.8. The van der Waals surface area contributed by atoms with Crippen molar-refractivity contribution >= 4 is 11.9 Å². The van der Waals surface area contributed by atoms with Gasteiger partial charge in [-0.25, -0.2) is 4.79 Å². The average molecular weight is 195 g/mol. The van der Waals surface area contributed by atoms with Gasteiger partial charge in [-0.05, 0) is 13.8 Å². The topological polar surface area (TPSA) is 57.6 Å². The van der Waals surface area contributed by atoms with E-state index in [4.69, 9.17) is 5.11 Å². The molecule has 76 valence electrons. The molecule has 0 radical (unpaired) electrons. The van der Waals surface area contributed by atoms with Crippen LogP contribution in [0.3, 0.4) is 0 Å². The van der Waals surface area contributed by atoms with Gasteiger partial charge in [0.1, 0.15) is 5.54 Å². The normalized spacial score (nSPS) is 17.0. The number of amides is 1. The number of allylic oxidation sites excluding steroid dienone is 2. The fraction of sp³-hybridized carbons (Fsp3) is 0.400. The maximum atomic E-state index is 11.5. The molecule has 0 unspecified atom stereocenters. The van der Waals surface area contributed by atoms with E-state index in [1.165, 1.54) is 24.8 Å². The Kier molecular flexibility index (Phi) is 2.74. The quantitative estimate of drug-likeness (QED) is 0.709. The molecular weight excluding hydrogens is 182 g/mol. The molecule has 0 saturated heterocycles. The predicted octanol–water partition coefficient (Wildman–Crippen LogP) is 0.804. The third-order valence-electron chi connectivity index (χ3n) is 2.24. The molecule has 0 spiro atoms. The highest BCUT2D eigenvalue weighted by Crippen LogP contribution is 2.16. The molecule has 0 atom stereocenters. The monoisotopic (exact) mass is 195 g/mol. The van der Waals surface area contributed by atoms with Gasteiger partial charge in [-0.15, -0.1) is 0 Å². The van der Waals surface area contributed by atoms with Crippen LogP contribution in [0.1, 0.15) is 13.8 Å². The summed E-state index contributed by atoms with van der Waals surface area (Å²) < 4.78 is 0. The Bertz CT molecular complexity index is 315. The zero-order valence-corrected chi connectivity index (χ0v) is 8.23. The van der Waals surface area contributed by atoms with Gasteiger partial charge < -0.3 is 10.0 Å². The fourth-order valence-corrected chi connectivity index (χ4v) is 1.18. The summed E-state index contributed by atoms with van der Waals surface area (Å²) in [5.41, 5.74) is -1.17. The molecule has 0 aromatic heterocycles. The van der Waals surface area contributed by atoms with Crippen LogP contribution in [0.25, 0.3) is 0 Å². The lowest BCUT2D eigenvalue weighted by Gasteiger charge is -2.33. The highest BCUT2D eigenvalue weighted by molar-refractivity contribution is 5.93. The van der Waals surface area contributed by atoms with E-state index in [2.05, 4.69) is 0 Å². The molecule has 0 fully saturated rings. The van der Waals surface area contributed by atoms with Crippen LogP contribution < -0.4 is 0 Å². The number of hydrogen-bond acceptors (Lipinski definition) is 2. The van der Waals surface area contributed by atoms with Crippen LogP contribution in [-0.2, 0) is 9.59 Å². The van der Waals surface area contributed by atoms with Gasteiger partial charge in [0.2, 0.25) is 5.91 Å². The molecule has 1 heterocycles. The molecule has 4 nitrogen and oxygen atoms in total. The Hall–Kier alpha value is -1.58. The Morgan fingerprint density at radius 3 is 2.71 bits per heavy atom. The van der Waals surface area contributed by atoms with Gasteiger partial charge in [0, 0.05) is 12.6 Å². The second kappa shape index (κ2) is 3.65. The van der Waals surface area contributed by atoms with Crippen molar-refractivity contribution in [1.82, 2.24) is 4.90 Å². The molecule has 0 aliphatic carbocycles. The van der Waals surface area contributed by atoms with Crippen LogP contribution in [0.4, 0.5) is 0 Å². The molecule has 1 aliphatic heterocycles. The standard InChI is InChI=1S/C10H13NO3/c1-10(2,9(13)14)11-7-5-3-4-6-8(11)12/h3-6H,7H2,1-2H3,(H,13,14). The Labute approximate surface area is 82.5 Å². The van der Waals surface area contributed by atoms with Crippen LogP contribution >= 0.6 is 0 Å². The summed E-state index contributed by atoms with van der Waals surface area (Å²) in [5.74, 6) is -1.28. The first-order valence-electron chi connectivity index (χ1n) is 4.34. The second-order valence-electron chi connectivity index (χ2n) is 3.60. The number of carbonyl (C=O) groups is 2. The number of carbonyl (C=O) groups excluding carboxylic acids is 1. The van der Waals surface area contributed by atoms with E-state index < -0.39 is 11.5 Å². The maximum absolute atomic E-state index is 11.5. The Balaban J connectivity index is 2.96. The van der Waals surface area contributed by atoms with E-state index >= 15 is 0 Å². The van der Waals surface area contributed by atoms with Crippen LogP contribution in [0, 0.1) is 0 Å². The van der Waals surface area contributed by atoms with E-state index in [1.54, 1.807) is 18.2 Å². The Morgan fingerprint density at radius 2 is 2.14 bits per heavy atom. The zero-order valence-electron chi connectivity index (χ0n) is 8.23. The van der Waals surface area contributed by atoms with Gasteiger partial charge in [0.05, 0.1) is 0 Å². The van der Waals surface area contributed by atoms with Crippen molar-refractivity contribution in [2.24, 2.45) is 0 Å².